The Hall–Kier alpha value is -1.62. The van der Waals surface area contributed by atoms with Crippen LogP contribution in [-0.4, -0.2) is 12.0 Å². The molecule has 1 aliphatic carbocycles. The lowest BCUT2D eigenvalue weighted by Gasteiger charge is -2.15. The molecule has 3 rings (SSSR count). The van der Waals surface area contributed by atoms with Crippen LogP contribution in [0, 0.1) is 5.82 Å². The van der Waals surface area contributed by atoms with Crippen LogP contribution in [0.2, 0.25) is 10.0 Å². The number of benzene rings is 2. The van der Waals surface area contributed by atoms with Gasteiger partial charge in [0, 0.05) is 23.6 Å². The molecule has 0 saturated heterocycles. The van der Waals surface area contributed by atoms with Crippen LogP contribution >= 0.6 is 23.2 Å². The molecule has 0 bridgehead atoms. The van der Waals surface area contributed by atoms with Crippen molar-refractivity contribution in [1.82, 2.24) is 0 Å². The van der Waals surface area contributed by atoms with Crippen molar-refractivity contribution in [2.75, 3.05) is 0 Å². The summed E-state index contributed by atoms with van der Waals surface area (Å²) in [7, 11) is 0. The van der Waals surface area contributed by atoms with Crippen LogP contribution in [-0.2, 0) is 17.6 Å². The van der Waals surface area contributed by atoms with Gasteiger partial charge in [-0.2, -0.15) is 0 Å². The van der Waals surface area contributed by atoms with Crippen LogP contribution in [0.1, 0.15) is 24.5 Å². The first kappa shape index (κ1) is 17.2. The van der Waals surface area contributed by atoms with Gasteiger partial charge in [0.15, 0.2) is 0 Å². The molecule has 0 saturated carbocycles. The monoisotopic (exact) mass is 367 g/mol. The van der Waals surface area contributed by atoms with E-state index in [1.165, 1.54) is 12.1 Å². The maximum atomic E-state index is 13.5. The van der Waals surface area contributed by atoms with E-state index in [9.17, 15) is 9.18 Å². The molecule has 2 N–H and O–H groups in total. The zero-order valence-corrected chi connectivity index (χ0v) is 14.5. The number of fused-ring (bicyclic) bond motifs is 1. The summed E-state index contributed by atoms with van der Waals surface area (Å²) in [5, 5.41) is 0.474. The molecule has 3 nitrogen and oxygen atoms in total. The zero-order chi connectivity index (χ0) is 17.4. The molecule has 2 aromatic rings. The molecule has 0 aliphatic heterocycles. The highest BCUT2D eigenvalue weighted by Gasteiger charge is 2.27. The molecular formula is C18H16Cl2FNO2. The summed E-state index contributed by atoms with van der Waals surface area (Å²) in [5.41, 5.74) is 9.29. The maximum absolute atomic E-state index is 13.5. The fourth-order valence-electron chi connectivity index (χ4n) is 3.05. The van der Waals surface area contributed by atoms with Crippen molar-refractivity contribution >= 4 is 29.2 Å². The number of esters is 1. The lowest BCUT2D eigenvalue weighted by atomic mass is 9.96. The van der Waals surface area contributed by atoms with E-state index in [4.69, 9.17) is 33.7 Å². The van der Waals surface area contributed by atoms with Crippen LogP contribution in [0.15, 0.2) is 24.3 Å². The first-order valence-corrected chi connectivity index (χ1v) is 8.42. The SMILES string of the molecule is CCC(=O)Oc1ccc(-c2c(Cl)cc(F)cc2Cl)c2c1C[C@@H](N)C2. The summed E-state index contributed by atoms with van der Waals surface area (Å²) in [6.07, 6.45) is 1.51. The van der Waals surface area contributed by atoms with E-state index in [0.29, 0.717) is 24.2 Å². The standard InChI is InChI=1S/C18H16Cl2FNO2/c1-2-17(23)24-16-4-3-11(12-7-10(22)8-13(12)16)18-14(19)5-9(21)6-15(18)20/h3-6,10H,2,7-8,22H2,1H3/t10-/m0/s1. The molecule has 0 spiro atoms. The molecule has 24 heavy (non-hydrogen) atoms. The van der Waals surface area contributed by atoms with Crippen LogP contribution in [0.3, 0.4) is 0 Å². The highest BCUT2D eigenvalue weighted by molar-refractivity contribution is 6.39. The van der Waals surface area contributed by atoms with Gasteiger partial charge in [0.1, 0.15) is 11.6 Å². The van der Waals surface area contributed by atoms with E-state index < -0.39 is 5.82 Å². The smallest absolute Gasteiger partial charge is 0.310 e. The Kier molecular flexibility index (Phi) is 4.81. The van der Waals surface area contributed by atoms with E-state index in [1.807, 2.05) is 0 Å². The number of nitrogens with two attached hydrogens (primary N) is 1. The van der Waals surface area contributed by atoms with Crippen LogP contribution in [0.25, 0.3) is 11.1 Å². The summed E-state index contributed by atoms with van der Waals surface area (Å²) in [6.45, 7) is 1.74. The molecule has 0 fully saturated rings. The topological polar surface area (TPSA) is 52.3 Å². The Labute approximate surface area is 149 Å². The first-order valence-electron chi connectivity index (χ1n) is 7.66. The van der Waals surface area contributed by atoms with Gasteiger partial charge >= 0.3 is 5.97 Å². The predicted molar refractivity (Wildman–Crippen MR) is 93.2 cm³/mol. The fraction of sp³-hybridized carbons (Fsp3) is 0.278. The van der Waals surface area contributed by atoms with E-state index in [-0.39, 0.29) is 28.5 Å². The van der Waals surface area contributed by atoms with E-state index >= 15 is 0 Å². The van der Waals surface area contributed by atoms with Crippen LogP contribution < -0.4 is 10.5 Å². The summed E-state index contributed by atoms with van der Waals surface area (Å²) in [6, 6.07) is 5.90. The summed E-state index contributed by atoms with van der Waals surface area (Å²) in [4.78, 5) is 11.6. The van der Waals surface area contributed by atoms with E-state index in [1.54, 1.807) is 19.1 Å². The van der Waals surface area contributed by atoms with Gasteiger partial charge in [-0.1, -0.05) is 36.2 Å². The number of ether oxygens (including phenoxy) is 1. The highest BCUT2D eigenvalue weighted by atomic mass is 35.5. The zero-order valence-electron chi connectivity index (χ0n) is 13.0. The van der Waals surface area contributed by atoms with E-state index in [0.717, 1.165) is 16.7 Å². The van der Waals surface area contributed by atoms with Gasteiger partial charge in [-0.05, 0) is 42.2 Å². The average molecular weight is 368 g/mol. The minimum Gasteiger partial charge on any atom is -0.426 e. The second kappa shape index (κ2) is 6.71. The minimum atomic E-state index is -0.490. The fourth-order valence-corrected chi connectivity index (χ4v) is 3.71. The molecular weight excluding hydrogens is 352 g/mol. The molecule has 6 heteroatoms. The van der Waals surface area contributed by atoms with Gasteiger partial charge in [-0.3, -0.25) is 4.79 Å². The van der Waals surface area contributed by atoms with Crippen LogP contribution in [0.5, 0.6) is 5.75 Å². The lowest BCUT2D eigenvalue weighted by molar-refractivity contribution is -0.134. The number of rotatable bonds is 3. The predicted octanol–water partition coefficient (Wildman–Crippen LogP) is 4.54. The normalized spacial score (nSPS) is 16.1. The number of hydrogen-bond acceptors (Lipinski definition) is 3. The van der Waals surface area contributed by atoms with Crippen molar-refractivity contribution in [2.45, 2.75) is 32.2 Å². The molecule has 0 heterocycles. The third-order valence-electron chi connectivity index (χ3n) is 4.11. The molecule has 0 radical (unpaired) electrons. The van der Waals surface area contributed by atoms with Crippen molar-refractivity contribution in [3.05, 3.63) is 51.3 Å². The van der Waals surface area contributed by atoms with Gasteiger partial charge in [0.2, 0.25) is 0 Å². The molecule has 0 aromatic heterocycles. The second-order valence-corrected chi connectivity index (χ2v) is 6.62. The Balaban J connectivity index is 2.15. The number of hydrogen-bond donors (Lipinski definition) is 1. The Morgan fingerprint density at radius 3 is 2.50 bits per heavy atom. The third-order valence-corrected chi connectivity index (χ3v) is 4.71. The molecule has 1 aliphatic rings. The van der Waals surface area contributed by atoms with Gasteiger partial charge in [0.25, 0.3) is 0 Å². The number of carbonyl (C=O) groups is 1. The van der Waals surface area contributed by atoms with Crippen molar-refractivity contribution in [2.24, 2.45) is 5.73 Å². The van der Waals surface area contributed by atoms with Crippen molar-refractivity contribution in [1.29, 1.82) is 0 Å². The molecule has 126 valence electrons. The van der Waals surface area contributed by atoms with Crippen LogP contribution in [0.4, 0.5) is 4.39 Å². The van der Waals surface area contributed by atoms with Gasteiger partial charge < -0.3 is 10.5 Å². The largest absolute Gasteiger partial charge is 0.426 e. The summed E-state index contributed by atoms with van der Waals surface area (Å²) >= 11 is 12.4. The number of halogens is 3. The summed E-state index contributed by atoms with van der Waals surface area (Å²) < 4.78 is 18.9. The lowest BCUT2D eigenvalue weighted by Crippen LogP contribution is -2.19. The first-order chi connectivity index (χ1) is 11.4. The van der Waals surface area contributed by atoms with Gasteiger partial charge in [0.05, 0.1) is 10.0 Å². The van der Waals surface area contributed by atoms with E-state index in [2.05, 4.69) is 0 Å². The molecule has 1 atom stereocenters. The average Bonchev–Trinajstić information content (AvgIpc) is 2.90. The Bertz CT molecular complexity index is 800. The Morgan fingerprint density at radius 2 is 1.88 bits per heavy atom. The van der Waals surface area contributed by atoms with Crippen molar-refractivity contribution < 1.29 is 13.9 Å². The number of carbonyl (C=O) groups excluding carboxylic acids is 1. The molecule has 0 unspecified atom stereocenters. The molecule has 0 amide bonds. The van der Waals surface area contributed by atoms with Gasteiger partial charge in [-0.25, -0.2) is 4.39 Å². The quantitative estimate of drug-likeness (QED) is 0.639. The highest BCUT2D eigenvalue weighted by Crippen LogP contribution is 2.43. The Morgan fingerprint density at radius 1 is 1.25 bits per heavy atom. The minimum absolute atomic E-state index is 0.0711. The van der Waals surface area contributed by atoms with Gasteiger partial charge in [-0.15, -0.1) is 0 Å². The second-order valence-electron chi connectivity index (χ2n) is 5.81. The maximum Gasteiger partial charge on any atom is 0.310 e. The third kappa shape index (κ3) is 3.14. The summed E-state index contributed by atoms with van der Waals surface area (Å²) in [5.74, 6) is -0.276. The van der Waals surface area contributed by atoms with Crippen molar-refractivity contribution in [3.8, 4) is 16.9 Å². The van der Waals surface area contributed by atoms with Crippen molar-refractivity contribution in [3.63, 3.8) is 0 Å². The molecule has 2 aromatic carbocycles.